The van der Waals surface area contributed by atoms with E-state index in [4.69, 9.17) is 46.4 Å². The van der Waals surface area contributed by atoms with Crippen LogP contribution in [0, 0.1) is 0 Å². The Hall–Kier alpha value is -1.72. The number of halogens is 4. The molecule has 0 aromatic heterocycles. The number of oxime groups is 1. The Balaban J connectivity index is 2.32. The van der Waals surface area contributed by atoms with E-state index in [0.29, 0.717) is 37.8 Å². The Morgan fingerprint density at radius 1 is 1.07 bits per heavy atom. The third-order valence-corrected chi connectivity index (χ3v) is 5.67. The lowest BCUT2D eigenvalue weighted by atomic mass is 9.89. The van der Waals surface area contributed by atoms with Crippen molar-refractivity contribution in [2.75, 3.05) is 13.6 Å². The van der Waals surface area contributed by atoms with Crippen molar-refractivity contribution in [2.45, 2.75) is 26.2 Å². The molecule has 2 rings (SSSR count). The maximum atomic E-state index is 12.8. The molecule has 0 heterocycles. The van der Waals surface area contributed by atoms with Gasteiger partial charge in [0.2, 0.25) is 0 Å². The van der Waals surface area contributed by atoms with Crippen LogP contribution in [-0.4, -0.2) is 35.3 Å². The molecule has 0 saturated heterocycles. The van der Waals surface area contributed by atoms with E-state index >= 15 is 0 Å². The number of allylic oxidation sites excluding steroid dienone is 2. The summed E-state index contributed by atoms with van der Waals surface area (Å²) in [6.07, 6.45) is 2.61. The van der Waals surface area contributed by atoms with Gasteiger partial charge in [0.25, 0.3) is 5.91 Å². The number of benzene rings is 2. The van der Waals surface area contributed by atoms with E-state index in [1.54, 1.807) is 37.4 Å². The van der Waals surface area contributed by atoms with Crippen molar-refractivity contribution in [3.8, 4) is 0 Å². The van der Waals surface area contributed by atoms with Crippen LogP contribution in [0.25, 0.3) is 0 Å². The minimum Gasteiger partial charge on any atom is -0.411 e. The number of carbonyl (C=O) groups is 1. The molecule has 1 amide bonds. The van der Waals surface area contributed by atoms with Gasteiger partial charge in [0.05, 0.1) is 22.3 Å². The topological polar surface area (TPSA) is 52.9 Å². The first kappa shape index (κ1) is 24.5. The number of amides is 1. The van der Waals surface area contributed by atoms with Crippen molar-refractivity contribution in [3.63, 3.8) is 0 Å². The maximum absolute atomic E-state index is 12.8. The molecule has 2 aromatic rings. The summed E-state index contributed by atoms with van der Waals surface area (Å²) in [4.78, 5) is 14.3. The van der Waals surface area contributed by atoms with Gasteiger partial charge in [-0.3, -0.25) is 4.79 Å². The molecule has 4 nitrogen and oxygen atoms in total. The molecule has 1 N–H and O–H groups in total. The average molecular weight is 488 g/mol. The highest BCUT2D eigenvalue weighted by Gasteiger charge is 2.23. The molecular formula is C22H22Cl4N2O2. The molecule has 0 spiro atoms. The van der Waals surface area contributed by atoms with Crippen LogP contribution in [0.5, 0.6) is 0 Å². The van der Waals surface area contributed by atoms with Crippen LogP contribution < -0.4 is 0 Å². The highest BCUT2D eigenvalue weighted by Crippen LogP contribution is 2.30. The molecular weight excluding hydrogens is 466 g/mol. The van der Waals surface area contributed by atoms with Crippen molar-refractivity contribution < 1.29 is 10.0 Å². The third-order valence-electron chi connectivity index (χ3n) is 4.49. The van der Waals surface area contributed by atoms with Crippen LogP contribution >= 0.6 is 46.4 Å². The summed E-state index contributed by atoms with van der Waals surface area (Å²) in [5.41, 5.74) is 2.72. The minimum atomic E-state index is -0.296. The molecule has 1 atom stereocenters. The van der Waals surface area contributed by atoms with Gasteiger partial charge in [-0.2, -0.15) is 0 Å². The summed E-state index contributed by atoms with van der Waals surface area (Å²) >= 11 is 24.3. The lowest BCUT2D eigenvalue weighted by Crippen LogP contribution is -2.34. The minimum absolute atomic E-state index is 0.0982. The van der Waals surface area contributed by atoms with E-state index in [1.807, 2.05) is 26.0 Å². The first-order valence-corrected chi connectivity index (χ1v) is 10.6. The van der Waals surface area contributed by atoms with Crippen molar-refractivity contribution in [1.29, 1.82) is 0 Å². The van der Waals surface area contributed by atoms with Crippen LogP contribution in [0.15, 0.2) is 53.2 Å². The van der Waals surface area contributed by atoms with Gasteiger partial charge >= 0.3 is 0 Å². The first-order chi connectivity index (χ1) is 14.1. The van der Waals surface area contributed by atoms with Gasteiger partial charge in [-0.15, -0.1) is 0 Å². The number of hydrogen-bond donors (Lipinski definition) is 1. The summed E-state index contributed by atoms with van der Waals surface area (Å²) in [7, 11) is 1.62. The Morgan fingerprint density at radius 3 is 2.23 bits per heavy atom. The SMILES string of the molecule is CC(C)=CCC(/C(CN(C)C(=O)c1cc(Cl)cc(Cl)c1)=N\O)c1ccc(Cl)c(Cl)c1. The summed E-state index contributed by atoms with van der Waals surface area (Å²) in [6, 6.07) is 9.93. The largest absolute Gasteiger partial charge is 0.411 e. The van der Waals surface area contributed by atoms with Gasteiger partial charge in [-0.1, -0.05) is 69.3 Å². The van der Waals surface area contributed by atoms with Gasteiger partial charge in [0.15, 0.2) is 0 Å². The molecule has 0 radical (unpaired) electrons. The quantitative estimate of drug-likeness (QED) is 0.192. The fourth-order valence-corrected chi connectivity index (χ4v) is 3.80. The number of hydrogen-bond acceptors (Lipinski definition) is 3. The molecule has 8 heteroatoms. The molecule has 30 heavy (non-hydrogen) atoms. The van der Waals surface area contributed by atoms with E-state index in [0.717, 1.165) is 11.1 Å². The fourth-order valence-electron chi connectivity index (χ4n) is 2.97. The predicted octanol–water partition coefficient (Wildman–Crippen LogP) is 7.34. The van der Waals surface area contributed by atoms with Crippen LogP contribution in [0.4, 0.5) is 0 Å². The van der Waals surface area contributed by atoms with Crippen molar-refractivity contribution in [1.82, 2.24) is 4.90 Å². The second-order valence-electron chi connectivity index (χ2n) is 7.15. The standard InChI is InChI=1S/C22H22Cl4N2O2/c1-13(2)4-6-18(14-5-7-19(25)20(26)10-14)21(27-30)12-28(3)22(29)15-8-16(23)11-17(24)9-15/h4-5,7-11,18,30H,6,12H2,1-3H3/b27-21-. The van der Waals surface area contributed by atoms with E-state index < -0.39 is 0 Å². The zero-order chi connectivity index (χ0) is 22.4. The first-order valence-electron chi connectivity index (χ1n) is 9.13. The summed E-state index contributed by atoms with van der Waals surface area (Å²) in [5, 5.41) is 14.9. The highest BCUT2D eigenvalue weighted by molar-refractivity contribution is 6.42. The Bertz CT molecular complexity index is 965. The molecule has 0 bridgehead atoms. The predicted molar refractivity (Wildman–Crippen MR) is 126 cm³/mol. The van der Waals surface area contributed by atoms with Gasteiger partial charge in [-0.25, -0.2) is 0 Å². The van der Waals surface area contributed by atoms with E-state index in [2.05, 4.69) is 5.16 Å². The van der Waals surface area contributed by atoms with E-state index in [9.17, 15) is 10.0 Å². The van der Waals surface area contributed by atoms with Crippen molar-refractivity contribution in [3.05, 3.63) is 79.3 Å². The van der Waals surface area contributed by atoms with Crippen molar-refractivity contribution in [2.24, 2.45) is 5.16 Å². The van der Waals surface area contributed by atoms with Gasteiger partial charge in [0, 0.05) is 28.6 Å². The smallest absolute Gasteiger partial charge is 0.254 e. The lowest BCUT2D eigenvalue weighted by Gasteiger charge is -2.23. The zero-order valence-corrected chi connectivity index (χ0v) is 19.8. The van der Waals surface area contributed by atoms with E-state index in [-0.39, 0.29) is 18.4 Å². The van der Waals surface area contributed by atoms with Crippen LogP contribution in [-0.2, 0) is 0 Å². The summed E-state index contributed by atoms with van der Waals surface area (Å²) < 4.78 is 0. The Kier molecular flexibility index (Phi) is 9.05. The molecule has 1 unspecified atom stereocenters. The van der Waals surface area contributed by atoms with Gasteiger partial charge in [0.1, 0.15) is 0 Å². The molecule has 0 aliphatic heterocycles. The summed E-state index contributed by atoms with van der Waals surface area (Å²) in [5.74, 6) is -0.589. The van der Waals surface area contributed by atoms with Crippen LogP contribution in [0.2, 0.25) is 20.1 Å². The fraction of sp³-hybridized carbons (Fsp3) is 0.273. The Morgan fingerprint density at radius 2 is 1.70 bits per heavy atom. The molecule has 0 aliphatic rings. The average Bonchev–Trinajstić information content (AvgIpc) is 2.67. The van der Waals surface area contributed by atoms with Gasteiger partial charge in [-0.05, 0) is 56.2 Å². The summed E-state index contributed by atoms with van der Waals surface area (Å²) in [6.45, 7) is 4.07. The second-order valence-corrected chi connectivity index (χ2v) is 8.84. The normalized spacial score (nSPS) is 12.4. The number of rotatable bonds is 7. The Labute approximate surface area is 196 Å². The molecule has 2 aromatic carbocycles. The third kappa shape index (κ3) is 6.64. The molecule has 0 fully saturated rings. The second kappa shape index (κ2) is 11.1. The maximum Gasteiger partial charge on any atom is 0.254 e. The van der Waals surface area contributed by atoms with Gasteiger partial charge < -0.3 is 10.1 Å². The molecule has 160 valence electrons. The molecule has 0 aliphatic carbocycles. The number of carbonyl (C=O) groups excluding carboxylic acids is 1. The van der Waals surface area contributed by atoms with Crippen LogP contribution in [0.3, 0.4) is 0 Å². The monoisotopic (exact) mass is 486 g/mol. The van der Waals surface area contributed by atoms with E-state index in [1.165, 1.54) is 4.90 Å². The number of nitrogens with zero attached hydrogens (tertiary/aromatic N) is 2. The molecule has 0 saturated carbocycles. The zero-order valence-electron chi connectivity index (χ0n) is 16.8. The van der Waals surface area contributed by atoms with Crippen LogP contribution in [0.1, 0.15) is 42.1 Å². The lowest BCUT2D eigenvalue weighted by molar-refractivity contribution is 0.0813. The highest BCUT2D eigenvalue weighted by atomic mass is 35.5. The van der Waals surface area contributed by atoms with Crippen molar-refractivity contribution >= 4 is 58.0 Å².